The molecule has 3 nitrogen and oxygen atoms in total. The van der Waals surface area contributed by atoms with Gasteiger partial charge >= 0.3 is 0 Å². The molecule has 5 rings (SSSR count). The number of carbonyl (C=O) groups is 1. The van der Waals surface area contributed by atoms with Crippen LogP contribution in [0.2, 0.25) is 0 Å². The SMILES string of the molecule is CC1CCCCC1NC(=O)C1(c2ccc(-c3ccc(CCN4CCCC4C)cc3)cc2)CCCC1. The maximum atomic E-state index is 13.6. The molecular weight excluding hydrogens is 428 g/mol. The van der Waals surface area contributed by atoms with Crippen LogP contribution < -0.4 is 5.32 Å². The molecule has 0 radical (unpaired) electrons. The lowest BCUT2D eigenvalue weighted by atomic mass is 9.76. The van der Waals surface area contributed by atoms with Crippen LogP contribution in [0, 0.1) is 5.92 Å². The van der Waals surface area contributed by atoms with Crippen LogP contribution in [-0.4, -0.2) is 36.0 Å². The number of hydrogen-bond acceptors (Lipinski definition) is 2. The molecule has 2 aliphatic carbocycles. The van der Waals surface area contributed by atoms with Gasteiger partial charge in [0.25, 0.3) is 0 Å². The third-order valence-electron chi connectivity index (χ3n) is 9.42. The Labute approximate surface area is 212 Å². The average Bonchev–Trinajstić information content (AvgIpc) is 3.55. The number of likely N-dealkylation sites (tertiary alicyclic amines) is 1. The molecule has 0 spiro atoms. The van der Waals surface area contributed by atoms with Gasteiger partial charge in [0.2, 0.25) is 5.91 Å². The molecule has 3 fully saturated rings. The minimum Gasteiger partial charge on any atom is -0.352 e. The first-order valence-electron chi connectivity index (χ1n) is 14.3. The van der Waals surface area contributed by atoms with E-state index in [4.69, 9.17) is 0 Å². The number of benzene rings is 2. The van der Waals surface area contributed by atoms with Crippen molar-refractivity contribution in [3.63, 3.8) is 0 Å². The van der Waals surface area contributed by atoms with Crippen molar-refractivity contribution in [3.8, 4) is 11.1 Å². The van der Waals surface area contributed by atoms with Crippen molar-refractivity contribution in [1.29, 1.82) is 0 Å². The number of nitrogens with one attached hydrogen (secondary N) is 1. The van der Waals surface area contributed by atoms with E-state index in [2.05, 4.69) is 72.6 Å². The summed E-state index contributed by atoms with van der Waals surface area (Å²) in [5.41, 5.74) is 4.78. The lowest BCUT2D eigenvalue weighted by molar-refractivity contribution is -0.128. The van der Waals surface area contributed by atoms with E-state index in [1.54, 1.807) is 0 Å². The summed E-state index contributed by atoms with van der Waals surface area (Å²) in [6.07, 6.45) is 13.0. The largest absolute Gasteiger partial charge is 0.352 e. The van der Waals surface area contributed by atoms with E-state index in [-0.39, 0.29) is 11.3 Å². The van der Waals surface area contributed by atoms with Gasteiger partial charge in [-0.2, -0.15) is 0 Å². The predicted octanol–water partition coefficient (Wildman–Crippen LogP) is 6.89. The number of amides is 1. The molecule has 188 valence electrons. The van der Waals surface area contributed by atoms with Crippen molar-refractivity contribution in [2.45, 2.75) is 102 Å². The summed E-state index contributed by atoms with van der Waals surface area (Å²) >= 11 is 0. The third kappa shape index (κ3) is 5.35. The summed E-state index contributed by atoms with van der Waals surface area (Å²) < 4.78 is 0. The van der Waals surface area contributed by atoms with Crippen LogP contribution in [0.3, 0.4) is 0 Å². The molecular formula is C32H44N2O. The molecule has 1 amide bonds. The molecule has 1 N–H and O–H groups in total. The van der Waals surface area contributed by atoms with Gasteiger partial charge in [0.05, 0.1) is 5.41 Å². The standard InChI is InChI=1S/C32H44N2O/c1-24-8-3-4-10-30(24)33-31(35)32(20-5-6-21-32)29-17-15-28(16-18-29)27-13-11-26(12-14-27)19-23-34-22-7-9-25(34)2/h11-18,24-25,30H,3-10,19-23H2,1-2H3,(H,33,35). The zero-order valence-electron chi connectivity index (χ0n) is 21.9. The highest BCUT2D eigenvalue weighted by atomic mass is 16.2. The van der Waals surface area contributed by atoms with Crippen molar-refractivity contribution >= 4 is 5.91 Å². The number of rotatable bonds is 7. The Bertz CT molecular complexity index is 974. The van der Waals surface area contributed by atoms with Gasteiger partial charge in [0, 0.05) is 18.6 Å². The molecule has 1 saturated heterocycles. The highest BCUT2D eigenvalue weighted by Crippen LogP contribution is 2.42. The van der Waals surface area contributed by atoms with E-state index in [1.807, 2.05) is 0 Å². The van der Waals surface area contributed by atoms with Gasteiger partial charge in [-0.25, -0.2) is 0 Å². The van der Waals surface area contributed by atoms with Crippen LogP contribution in [0.5, 0.6) is 0 Å². The highest BCUT2D eigenvalue weighted by molar-refractivity contribution is 5.89. The molecule has 2 aromatic rings. The topological polar surface area (TPSA) is 32.3 Å². The van der Waals surface area contributed by atoms with E-state index in [1.165, 1.54) is 67.4 Å². The molecule has 3 unspecified atom stereocenters. The number of hydrogen-bond donors (Lipinski definition) is 1. The normalized spacial score (nSPS) is 26.6. The minimum absolute atomic E-state index is 0.276. The molecule has 1 heterocycles. The van der Waals surface area contributed by atoms with E-state index >= 15 is 0 Å². The molecule has 3 heteroatoms. The summed E-state index contributed by atoms with van der Waals surface area (Å²) in [4.78, 5) is 16.3. The van der Waals surface area contributed by atoms with Gasteiger partial charge in [0.15, 0.2) is 0 Å². The number of carbonyl (C=O) groups excluding carboxylic acids is 1. The van der Waals surface area contributed by atoms with Crippen LogP contribution in [-0.2, 0) is 16.6 Å². The maximum Gasteiger partial charge on any atom is 0.230 e. The maximum absolute atomic E-state index is 13.6. The van der Waals surface area contributed by atoms with Gasteiger partial charge in [0.1, 0.15) is 0 Å². The Kier molecular flexibility index (Phi) is 7.62. The summed E-state index contributed by atoms with van der Waals surface area (Å²) in [6.45, 7) is 7.08. The molecule has 0 bridgehead atoms. The quantitative estimate of drug-likeness (QED) is 0.476. The van der Waals surface area contributed by atoms with Crippen LogP contribution in [0.15, 0.2) is 48.5 Å². The van der Waals surface area contributed by atoms with E-state index in [0.717, 1.165) is 44.6 Å². The van der Waals surface area contributed by atoms with Crippen LogP contribution in [0.25, 0.3) is 11.1 Å². The Balaban J connectivity index is 1.25. The average molecular weight is 473 g/mol. The molecule has 3 aliphatic rings. The van der Waals surface area contributed by atoms with E-state index in [9.17, 15) is 4.79 Å². The smallest absolute Gasteiger partial charge is 0.230 e. The van der Waals surface area contributed by atoms with E-state index < -0.39 is 0 Å². The fourth-order valence-corrected chi connectivity index (χ4v) is 6.91. The highest BCUT2D eigenvalue weighted by Gasteiger charge is 2.43. The van der Waals surface area contributed by atoms with Crippen molar-refractivity contribution in [2.75, 3.05) is 13.1 Å². The molecule has 2 saturated carbocycles. The summed E-state index contributed by atoms with van der Waals surface area (Å²) in [5.74, 6) is 0.869. The monoisotopic (exact) mass is 472 g/mol. The first kappa shape index (κ1) is 24.6. The zero-order chi connectivity index (χ0) is 24.3. The molecule has 2 aromatic carbocycles. The van der Waals surface area contributed by atoms with Gasteiger partial charge in [-0.15, -0.1) is 0 Å². The number of nitrogens with zero attached hydrogens (tertiary/aromatic N) is 1. The molecule has 1 aliphatic heterocycles. The first-order valence-corrected chi connectivity index (χ1v) is 14.3. The minimum atomic E-state index is -0.341. The van der Waals surface area contributed by atoms with E-state index in [0.29, 0.717) is 12.0 Å². The van der Waals surface area contributed by atoms with Crippen molar-refractivity contribution in [3.05, 3.63) is 59.7 Å². The van der Waals surface area contributed by atoms with Gasteiger partial charge in [-0.1, -0.05) is 81.1 Å². The summed E-state index contributed by atoms with van der Waals surface area (Å²) in [5, 5.41) is 3.49. The first-order chi connectivity index (χ1) is 17.0. The third-order valence-corrected chi connectivity index (χ3v) is 9.42. The second-order valence-electron chi connectivity index (χ2n) is 11.7. The Hall–Kier alpha value is -2.13. The van der Waals surface area contributed by atoms with Crippen LogP contribution in [0.1, 0.15) is 89.2 Å². The Morgan fingerprint density at radius 2 is 1.51 bits per heavy atom. The van der Waals surface area contributed by atoms with Gasteiger partial charge in [-0.05, 0) is 86.6 Å². The summed E-state index contributed by atoms with van der Waals surface area (Å²) in [6, 6.07) is 19.1. The Morgan fingerprint density at radius 1 is 0.857 bits per heavy atom. The fourth-order valence-electron chi connectivity index (χ4n) is 6.91. The summed E-state index contributed by atoms with van der Waals surface area (Å²) in [7, 11) is 0. The van der Waals surface area contributed by atoms with Crippen LogP contribution in [0.4, 0.5) is 0 Å². The fraction of sp³-hybridized carbons (Fsp3) is 0.594. The lowest BCUT2D eigenvalue weighted by Gasteiger charge is -2.35. The van der Waals surface area contributed by atoms with Gasteiger partial charge < -0.3 is 10.2 Å². The lowest BCUT2D eigenvalue weighted by Crippen LogP contribution is -2.49. The van der Waals surface area contributed by atoms with Crippen molar-refractivity contribution < 1.29 is 4.79 Å². The second-order valence-corrected chi connectivity index (χ2v) is 11.7. The molecule has 35 heavy (non-hydrogen) atoms. The Morgan fingerprint density at radius 3 is 2.14 bits per heavy atom. The molecule has 3 atom stereocenters. The molecule has 0 aromatic heterocycles. The van der Waals surface area contributed by atoms with Crippen molar-refractivity contribution in [2.24, 2.45) is 5.92 Å². The second kappa shape index (κ2) is 10.9. The zero-order valence-corrected chi connectivity index (χ0v) is 21.9. The van der Waals surface area contributed by atoms with Crippen molar-refractivity contribution in [1.82, 2.24) is 10.2 Å². The van der Waals surface area contributed by atoms with Gasteiger partial charge in [-0.3, -0.25) is 4.79 Å². The van der Waals surface area contributed by atoms with Crippen LogP contribution >= 0.6 is 0 Å². The predicted molar refractivity (Wildman–Crippen MR) is 146 cm³/mol.